The molecule has 0 saturated heterocycles. The second kappa shape index (κ2) is 7.93. The lowest BCUT2D eigenvalue weighted by Crippen LogP contribution is -2.26. The molecule has 0 bridgehead atoms. The molecule has 0 aliphatic heterocycles. The number of nitriles is 1. The van der Waals surface area contributed by atoms with Gasteiger partial charge in [0.25, 0.3) is 5.91 Å². The normalized spacial score (nSPS) is 10.1. The fourth-order valence-corrected chi connectivity index (χ4v) is 2.18. The average molecular weight is 312 g/mol. The molecule has 98 valence electrons. The number of halogens is 1. The van der Waals surface area contributed by atoms with Crippen molar-refractivity contribution in [3.8, 4) is 6.07 Å². The largest absolute Gasteiger partial charge is 0.351 e. The summed E-state index contributed by atoms with van der Waals surface area (Å²) in [5.74, 6) is -0.0499. The molecule has 1 heterocycles. The van der Waals surface area contributed by atoms with Crippen molar-refractivity contribution in [1.29, 1.82) is 5.26 Å². The fourth-order valence-electron chi connectivity index (χ4n) is 1.71. The summed E-state index contributed by atoms with van der Waals surface area (Å²) < 4.78 is 2.87. The maximum atomic E-state index is 12.0. The summed E-state index contributed by atoms with van der Waals surface area (Å²) in [6.07, 6.45) is 5.14. The van der Waals surface area contributed by atoms with Gasteiger partial charge in [0.1, 0.15) is 5.69 Å². The van der Waals surface area contributed by atoms with E-state index < -0.39 is 0 Å². The number of carbonyl (C=O) groups excluding carboxylic acids is 1. The molecule has 1 aromatic heterocycles. The summed E-state index contributed by atoms with van der Waals surface area (Å²) in [5, 5.41) is 11.3. The lowest BCUT2D eigenvalue weighted by Gasteiger charge is -2.08. The average Bonchev–Trinajstić information content (AvgIpc) is 2.70. The number of aromatic nitrogens is 1. The Kier molecular flexibility index (Phi) is 6.51. The Hall–Kier alpha value is -1.28. The first-order valence-corrected chi connectivity index (χ1v) is 6.99. The van der Waals surface area contributed by atoms with Gasteiger partial charge in [-0.15, -0.1) is 0 Å². The maximum Gasteiger partial charge on any atom is 0.267 e. The molecule has 0 radical (unpaired) electrons. The number of unbranched alkanes of at least 4 members (excludes halogenated alkanes) is 2. The molecular formula is C13H18BrN3O. The minimum absolute atomic E-state index is 0.0499. The third kappa shape index (κ3) is 4.53. The summed E-state index contributed by atoms with van der Waals surface area (Å²) in [6.45, 7) is 3.54. The lowest BCUT2D eigenvalue weighted by molar-refractivity contribution is 0.0943. The van der Waals surface area contributed by atoms with Crippen LogP contribution in [0, 0.1) is 11.3 Å². The maximum absolute atomic E-state index is 12.0. The molecule has 0 saturated carbocycles. The summed E-state index contributed by atoms with van der Waals surface area (Å²) in [4.78, 5) is 12.0. The highest BCUT2D eigenvalue weighted by Crippen LogP contribution is 2.15. The number of aryl methyl sites for hydroxylation is 1. The summed E-state index contributed by atoms with van der Waals surface area (Å²) in [7, 11) is 0. The highest BCUT2D eigenvalue weighted by Gasteiger charge is 2.11. The highest BCUT2D eigenvalue weighted by atomic mass is 79.9. The molecule has 0 spiro atoms. The topological polar surface area (TPSA) is 57.8 Å². The Morgan fingerprint density at radius 2 is 2.33 bits per heavy atom. The molecule has 0 fully saturated rings. The second-order valence-electron chi connectivity index (χ2n) is 4.11. The van der Waals surface area contributed by atoms with Crippen LogP contribution in [0.2, 0.25) is 0 Å². The van der Waals surface area contributed by atoms with E-state index in [4.69, 9.17) is 5.26 Å². The molecule has 5 heteroatoms. The van der Waals surface area contributed by atoms with Crippen LogP contribution in [0.25, 0.3) is 0 Å². The predicted molar refractivity (Wildman–Crippen MR) is 74.2 cm³/mol. The van der Waals surface area contributed by atoms with Crippen LogP contribution < -0.4 is 5.32 Å². The molecule has 0 aromatic carbocycles. The molecule has 1 aromatic rings. The number of nitrogens with one attached hydrogen (secondary N) is 1. The van der Waals surface area contributed by atoms with Crippen LogP contribution >= 0.6 is 15.9 Å². The van der Waals surface area contributed by atoms with Crippen molar-refractivity contribution in [1.82, 2.24) is 9.88 Å². The van der Waals surface area contributed by atoms with Crippen LogP contribution in [0.3, 0.4) is 0 Å². The molecule has 1 rings (SSSR count). The molecular weight excluding hydrogens is 294 g/mol. The molecule has 0 aliphatic carbocycles. The van der Waals surface area contributed by atoms with Crippen molar-refractivity contribution < 1.29 is 4.79 Å². The summed E-state index contributed by atoms with van der Waals surface area (Å²) in [5.41, 5.74) is 0.684. The SMILES string of the molecule is CCCn1cc(Br)cc1C(=O)NCCCCC#N. The van der Waals surface area contributed by atoms with Gasteiger partial charge < -0.3 is 9.88 Å². The van der Waals surface area contributed by atoms with Gasteiger partial charge in [0.2, 0.25) is 0 Å². The van der Waals surface area contributed by atoms with Gasteiger partial charge in [-0.05, 0) is 41.3 Å². The molecule has 18 heavy (non-hydrogen) atoms. The molecule has 0 aliphatic rings. The van der Waals surface area contributed by atoms with E-state index >= 15 is 0 Å². The highest BCUT2D eigenvalue weighted by molar-refractivity contribution is 9.10. The summed E-state index contributed by atoms with van der Waals surface area (Å²) >= 11 is 3.39. The predicted octanol–water partition coefficient (Wildman–Crippen LogP) is 3.08. The third-order valence-corrected chi connectivity index (χ3v) is 2.99. The molecule has 1 amide bonds. The van der Waals surface area contributed by atoms with Gasteiger partial charge in [-0.2, -0.15) is 5.26 Å². The van der Waals surface area contributed by atoms with Gasteiger partial charge in [-0.1, -0.05) is 6.92 Å². The first-order chi connectivity index (χ1) is 8.69. The van der Waals surface area contributed by atoms with Gasteiger partial charge in [-0.3, -0.25) is 4.79 Å². The Morgan fingerprint density at radius 3 is 3.00 bits per heavy atom. The number of carbonyl (C=O) groups is 1. The van der Waals surface area contributed by atoms with Crippen molar-refractivity contribution in [2.24, 2.45) is 0 Å². The molecule has 1 N–H and O–H groups in total. The lowest BCUT2D eigenvalue weighted by atomic mass is 10.2. The van der Waals surface area contributed by atoms with Gasteiger partial charge in [0.15, 0.2) is 0 Å². The van der Waals surface area contributed by atoms with E-state index in [2.05, 4.69) is 34.2 Å². The number of hydrogen-bond acceptors (Lipinski definition) is 2. The van der Waals surface area contributed by atoms with Gasteiger partial charge in [0.05, 0.1) is 6.07 Å². The number of hydrogen-bond donors (Lipinski definition) is 1. The Bertz CT molecular complexity index is 434. The third-order valence-electron chi connectivity index (χ3n) is 2.56. The zero-order valence-electron chi connectivity index (χ0n) is 10.6. The zero-order valence-corrected chi connectivity index (χ0v) is 12.2. The van der Waals surface area contributed by atoms with Crippen LogP contribution in [0.5, 0.6) is 0 Å². The standard InChI is InChI=1S/C13H18BrN3O/c1-2-8-17-10-11(14)9-12(17)13(18)16-7-5-3-4-6-15/h9-10H,2-5,7-8H2,1H3,(H,16,18). The minimum Gasteiger partial charge on any atom is -0.351 e. The van der Waals surface area contributed by atoms with Crippen LogP contribution in [0.1, 0.15) is 43.1 Å². The number of nitrogens with zero attached hydrogens (tertiary/aromatic N) is 2. The van der Waals surface area contributed by atoms with Gasteiger partial charge in [-0.25, -0.2) is 0 Å². The molecule has 4 nitrogen and oxygen atoms in total. The number of rotatable bonds is 7. The smallest absolute Gasteiger partial charge is 0.267 e. The van der Waals surface area contributed by atoms with Crippen LogP contribution in [0.15, 0.2) is 16.7 Å². The second-order valence-corrected chi connectivity index (χ2v) is 5.02. The molecule has 0 unspecified atom stereocenters. The monoisotopic (exact) mass is 311 g/mol. The first kappa shape index (κ1) is 14.8. The van der Waals surface area contributed by atoms with Gasteiger partial charge >= 0.3 is 0 Å². The van der Waals surface area contributed by atoms with Crippen LogP contribution in [-0.4, -0.2) is 17.0 Å². The van der Waals surface area contributed by atoms with Crippen molar-refractivity contribution in [2.45, 2.75) is 39.2 Å². The van der Waals surface area contributed by atoms with E-state index in [1.54, 1.807) is 0 Å². The number of amides is 1. The Labute approximate surface area is 116 Å². The summed E-state index contributed by atoms with van der Waals surface area (Å²) in [6, 6.07) is 3.93. The van der Waals surface area contributed by atoms with Crippen molar-refractivity contribution in [3.63, 3.8) is 0 Å². The van der Waals surface area contributed by atoms with E-state index in [1.807, 2.05) is 16.8 Å². The van der Waals surface area contributed by atoms with Crippen LogP contribution in [0.4, 0.5) is 0 Å². The van der Waals surface area contributed by atoms with Crippen LogP contribution in [-0.2, 0) is 6.54 Å². The van der Waals surface area contributed by atoms with E-state index in [0.717, 1.165) is 30.3 Å². The zero-order chi connectivity index (χ0) is 13.4. The fraction of sp³-hybridized carbons (Fsp3) is 0.538. The van der Waals surface area contributed by atoms with Crippen molar-refractivity contribution >= 4 is 21.8 Å². The van der Waals surface area contributed by atoms with Gasteiger partial charge in [0, 0.05) is 30.2 Å². The van der Waals surface area contributed by atoms with E-state index in [-0.39, 0.29) is 5.91 Å². The molecule has 0 atom stereocenters. The first-order valence-electron chi connectivity index (χ1n) is 6.19. The quantitative estimate of drug-likeness (QED) is 0.787. The van der Waals surface area contributed by atoms with Crippen molar-refractivity contribution in [2.75, 3.05) is 6.54 Å². The van der Waals surface area contributed by atoms with Crippen molar-refractivity contribution in [3.05, 3.63) is 22.4 Å². The minimum atomic E-state index is -0.0499. The Balaban J connectivity index is 2.48. The van der Waals surface area contributed by atoms with E-state index in [9.17, 15) is 4.79 Å². The van der Waals surface area contributed by atoms with E-state index in [1.165, 1.54) is 0 Å². The van der Waals surface area contributed by atoms with E-state index in [0.29, 0.717) is 18.7 Å². The Morgan fingerprint density at radius 1 is 1.56 bits per heavy atom.